The van der Waals surface area contributed by atoms with E-state index in [2.05, 4.69) is 31.9 Å². The number of unbranched alkanes of at least 4 members (excludes halogenated alkanes) is 3. The topological polar surface area (TPSA) is 181 Å². The van der Waals surface area contributed by atoms with Gasteiger partial charge in [-0.05, 0) is 73.1 Å². The van der Waals surface area contributed by atoms with Crippen molar-refractivity contribution < 1.29 is 49.4 Å². The van der Waals surface area contributed by atoms with Gasteiger partial charge in [0.1, 0.15) is 0 Å². The first-order valence-electron chi connectivity index (χ1n) is 15.7. The van der Waals surface area contributed by atoms with E-state index in [1.54, 1.807) is 36.4 Å². The molecule has 0 radical (unpaired) electrons. The number of aromatic carboxylic acids is 3. The number of halogens is 3. The van der Waals surface area contributed by atoms with Gasteiger partial charge in [0, 0.05) is 25.6 Å². The van der Waals surface area contributed by atoms with Gasteiger partial charge >= 0.3 is 0 Å². The monoisotopic (exact) mass is 795 g/mol. The first kappa shape index (κ1) is 42.9. The molecule has 9 nitrogen and oxygen atoms in total. The Morgan fingerprint density at radius 1 is 0.604 bits per heavy atom. The van der Waals surface area contributed by atoms with E-state index in [-0.39, 0.29) is 16.7 Å². The molecule has 12 heteroatoms. The summed E-state index contributed by atoms with van der Waals surface area (Å²) in [7, 11) is 0. The number of benzene rings is 3. The highest BCUT2D eigenvalue weighted by Gasteiger charge is 2.15. The van der Waals surface area contributed by atoms with Crippen LogP contribution in [0.4, 0.5) is 4.39 Å². The van der Waals surface area contributed by atoms with Crippen LogP contribution in [0.1, 0.15) is 138 Å². The molecule has 0 saturated heterocycles. The van der Waals surface area contributed by atoms with E-state index < -0.39 is 42.9 Å². The smallest absolute Gasteiger partial charge is 0.0894 e. The van der Waals surface area contributed by atoms with Gasteiger partial charge in [0.05, 0.1) is 42.9 Å². The predicted octanol–water partition coefficient (Wildman–Crippen LogP) is 5.30. The van der Waals surface area contributed by atoms with Crippen molar-refractivity contribution in [2.24, 2.45) is 0 Å². The minimum atomic E-state index is -1.33. The molecule has 0 saturated carbocycles. The Morgan fingerprint density at radius 2 is 0.979 bits per heavy atom. The van der Waals surface area contributed by atoms with E-state index in [0.717, 1.165) is 25.7 Å². The summed E-state index contributed by atoms with van der Waals surface area (Å²) in [6, 6.07) is 15.8. The third kappa shape index (κ3) is 14.9. The lowest BCUT2D eigenvalue weighted by Gasteiger charge is -2.16. The molecule has 48 heavy (non-hydrogen) atoms. The summed E-state index contributed by atoms with van der Waals surface area (Å²) >= 11 is 6.35. The van der Waals surface area contributed by atoms with E-state index in [4.69, 9.17) is 0 Å². The highest BCUT2D eigenvalue weighted by atomic mass is 79.9. The normalized spacial score (nSPS) is 12.4. The van der Waals surface area contributed by atoms with Crippen LogP contribution in [0.2, 0.25) is 0 Å². The maximum atomic E-state index is 11.9. The van der Waals surface area contributed by atoms with Gasteiger partial charge in [-0.3, -0.25) is 4.39 Å². The quantitative estimate of drug-likeness (QED) is 0.162. The molecule has 3 aromatic carbocycles. The Morgan fingerprint density at radius 3 is 1.35 bits per heavy atom. The molecular formula is C36H42Br2FO9-3. The predicted molar refractivity (Wildman–Crippen MR) is 181 cm³/mol. The highest BCUT2D eigenvalue weighted by Crippen LogP contribution is 2.27. The van der Waals surface area contributed by atoms with Crippen molar-refractivity contribution in [3.63, 3.8) is 0 Å². The molecule has 3 N–H and O–H groups in total. The SMILES string of the molecule is CCCCC(O)c1ccc(Br)cc1C(=O)[O-].CCCCC(O)c1ccccc1C(=O)[O-].O=C([O-])c1cc(Br)ccc1C(O)CCCCF. The van der Waals surface area contributed by atoms with Crippen molar-refractivity contribution in [2.75, 3.05) is 6.67 Å². The fourth-order valence-electron chi connectivity index (χ4n) is 4.66. The van der Waals surface area contributed by atoms with Crippen molar-refractivity contribution in [1.82, 2.24) is 0 Å². The van der Waals surface area contributed by atoms with Crippen LogP contribution >= 0.6 is 31.9 Å². The van der Waals surface area contributed by atoms with Crippen molar-refractivity contribution in [3.8, 4) is 0 Å². The minimum Gasteiger partial charge on any atom is -0.545 e. The van der Waals surface area contributed by atoms with Gasteiger partial charge in [-0.2, -0.15) is 0 Å². The number of aliphatic hydroxyl groups excluding tert-OH is 3. The molecule has 3 rings (SSSR count). The Hall–Kier alpha value is -3.16. The first-order chi connectivity index (χ1) is 22.8. The zero-order chi connectivity index (χ0) is 36.2. The first-order valence-corrected chi connectivity index (χ1v) is 17.3. The number of carbonyl (C=O) groups is 3. The zero-order valence-electron chi connectivity index (χ0n) is 27.0. The fraction of sp³-hybridized carbons (Fsp3) is 0.417. The zero-order valence-corrected chi connectivity index (χ0v) is 30.2. The molecule has 0 aliphatic carbocycles. The molecule has 3 aromatic rings. The number of hydrogen-bond donors (Lipinski definition) is 3. The number of hydrogen-bond acceptors (Lipinski definition) is 9. The molecule has 0 aliphatic heterocycles. The Bertz CT molecular complexity index is 1450. The maximum Gasteiger partial charge on any atom is 0.0894 e. The molecule has 0 spiro atoms. The van der Waals surface area contributed by atoms with Crippen LogP contribution in [-0.4, -0.2) is 39.9 Å². The second kappa shape index (κ2) is 23.2. The average Bonchev–Trinajstić information content (AvgIpc) is 3.06. The second-order valence-corrected chi connectivity index (χ2v) is 12.8. The van der Waals surface area contributed by atoms with Crippen LogP contribution in [0, 0.1) is 0 Å². The van der Waals surface area contributed by atoms with Crippen LogP contribution in [-0.2, 0) is 0 Å². The summed E-state index contributed by atoms with van der Waals surface area (Å²) in [5.41, 5.74) is 1.29. The second-order valence-electron chi connectivity index (χ2n) is 10.9. The summed E-state index contributed by atoms with van der Waals surface area (Å²) in [5.74, 6) is -3.82. The third-order valence-corrected chi connectivity index (χ3v) is 8.24. The molecule has 0 aliphatic rings. The van der Waals surface area contributed by atoms with E-state index in [1.165, 1.54) is 24.3 Å². The number of carboxylic acid groups (broad SMARTS) is 3. The van der Waals surface area contributed by atoms with Gasteiger partial charge in [0.2, 0.25) is 0 Å². The lowest BCUT2D eigenvalue weighted by molar-refractivity contribution is -0.256. The molecule has 264 valence electrons. The molecular weight excluding hydrogens is 755 g/mol. The number of aliphatic hydroxyl groups is 3. The van der Waals surface area contributed by atoms with Gasteiger partial charge in [-0.15, -0.1) is 0 Å². The Labute approximate surface area is 297 Å². The van der Waals surface area contributed by atoms with E-state index in [0.29, 0.717) is 57.7 Å². The van der Waals surface area contributed by atoms with Crippen molar-refractivity contribution in [3.05, 3.63) is 103 Å². The summed E-state index contributed by atoms with van der Waals surface area (Å²) in [4.78, 5) is 32.6. The maximum absolute atomic E-state index is 11.9. The number of alkyl halides is 1. The lowest BCUT2D eigenvalue weighted by Crippen LogP contribution is -2.24. The van der Waals surface area contributed by atoms with Crippen molar-refractivity contribution >= 4 is 49.8 Å². The molecule has 0 aromatic heterocycles. The minimum absolute atomic E-state index is 0.0351. The molecule has 0 fully saturated rings. The molecule has 0 heterocycles. The largest absolute Gasteiger partial charge is 0.545 e. The standard InChI is InChI=1S/C12H14BrFO3.C12H15BrO3.C12H16O3/c13-8-4-5-9(10(7-8)12(16)17)11(15)3-1-2-6-14;1-2-3-4-11(14)9-6-5-8(13)7-10(9)12(15)16;1-2-3-8-11(13)9-6-4-5-7-10(9)12(14)15/h4-5,7,11,15H,1-3,6H2,(H,16,17);5-7,11,14H,2-4H2,1H3,(H,15,16);4-7,11,13H,2-3,8H2,1H3,(H,14,15)/p-3. The average molecular weight is 798 g/mol. The summed E-state index contributed by atoms with van der Waals surface area (Å²) < 4.78 is 13.2. The Balaban J connectivity index is 0.000000361. The van der Waals surface area contributed by atoms with Crippen LogP contribution < -0.4 is 15.3 Å². The number of carbonyl (C=O) groups excluding carboxylic acids is 3. The van der Waals surface area contributed by atoms with Crippen molar-refractivity contribution in [2.45, 2.75) is 89.9 Å². The van der Waals surface area contributed by atoms with Gasteiger partial charge in [0.25, 0.3) is 0 Å². The lowest BCUT2D eigenvalue weighted by atomic mass is 9.98. The molecule has 3 atom stereocenters. The molecule has 3 unspecified atom stereocenters. The third-order valence-electron chi connectivity index (χ3n) is 7.25. The number of rotatable bonds is 16. The van der Waals surface area contributed by atoms with Gasteiger partial charge in [-0.25, -0.2) is 0 Å². The summed E-state index contributed by atoms with van der Waals surface area (Å²) in [6.45, 7) is 3.62. The van der Waals surface area contributed by atoms with E-state index in [1.807, 2.05) is 13.8 Å². The molecule has 0 bridgehead atoms. The van der Waals surface area contributed by atoms with Gasteiger partial charge in [0.15, 0.2) is 0 Å². The Kier molecular flexibility index (Phi) is 20.8. The van der Waals surface area contributed by atoms with Crippen LogP contribution in [0.3, 0.4) is 0 Å². The summed E-state index contributed by atoms with van der Waals surface area (Å²) in [6.07, 6.45) is 3.72. The van der Waals surface area contributed by atoms with E-state index in [9.17, 15) is 49.4 Å². The van der Waals surface area contributed by atoms with Crippen LogP contribution in [0.5, 0.6) is 0 Å². The molecule has 0 amide bonds. The van der Waals surface area contributed by atoms with Gasteiger partial charge < -0.3 is 45.0 Å². The highest BCUT2D eigenvalue weighted by molar-refractivity contribution is 9.10. The van der Waals surface area contributed by atoms with Crippen LogP contribution in [0.25, 0.3) is 0 Å². The fourth-order valence-corrected chi connectivity index (χ4v) is 5.38. The van der Waals surface area contributed by atoms with Crippen molar-refractivity contribution in [1.29, 1.82) is 0 Å². The van der Waals surface area contributed by atoms with Crippen LogP contribution in [0.15, 0.2) is 69.6 Å². The van der Waals surface area contributed by atoms with Gasteiger partial charge in [-0.1, -0.05) is 108 Å². The van der Waals surface area contributed by atoms with E-state index >= 15 is 0 Å². The number of carboxylic acids is 3. The summed E-state index contributed by atoms with van der Waals surface area (Å²) in [5, 5.41) is 62.1.